The molecule has 5 rings (SSSR count). The molecule has 3 heterocycles. The Morgan fingerprint density at radius 2 is 1.74 bits per heavy atom. The fraction of sp³-hybridized carbons (Fsp3) is 0.130. The minimum Gasteiger partial charge on any atom is -0.361 e. The Labute approximate surface area is 195 Å². The third kappa shape index (κ3) is 4.19. The largest absolute Gasteiger partial charge is 0.405 e. The molecule has 0 spiro atoms. The Kier molecular flexibility index (Phi) is 5.24. The number of alkyl halides is 3. The smallest absolute Gasteiger partial charge is 0.361 e. The van der Waals surface area contributed by atoms with Gasteiger partial charge in [0, 0.05) is 23.7 Å². The number of aromatic nitrogens is 5. The number of hydrogen-bond donors (Lipinski definition) is 1. The van der Waals surface area contributed by atoms with Gasteiger partial charge in [-0.2, -0.15) is 28.1 Å². The zero-order valence-electron chi connectivity index (χ0n) is 17.6. The van der Waals surface area contributed by atoms with Gasteiger partial charge < -0.3 is 5.32 Å². The molecule has 2 aromatic carbocycles. The number of nitrogens with zero attached hydrogens (tertiary/aromatic N) is 5. The zero-order valence-corrected chi connectivity index (χ0v) is 18.4. The van der Waals surface area contributed by atoms with Crippen molar-refractivity contribution in [2.45, 2.75) is 6.18 Å². The number of aryl methyl sites for hydroxylation is 1. The van der Waals surface area contributed by atoms with Gasteiger partial charge in [-0.05, 0) is 48.0 Å². The Morgan fingerprint density at radius 1 is 1.00 bits per heavy atom. The standard InChI is InChI=1S/C23H16ClF3N6O/c1-32-11-14-10-16(6-7-17(14)30-32)33-22(34)20(13-2-4-15(24)5-3-13)21-18(31-33)8-9-19(29-21)28-12-23(25,26)27/h2-11H,12H2,1H3,(H,28,29). The predicted molar refractivity (Wildman–Crippen MR) is 124 cm³/mol. The Bertz CT molecular complexity index is 1590. The molecule has 7 nitrogen and oxygen atoms in total. The van der Waals surface area contributed by atoms with E-state index in [-0.39, 0.29) is 16.9 Å². The monoisotopic (exact) mass is 484 g/mol. The summed E-state index contributed by atoms with van der Waals surface area (Å²) in [6.45, 7) is -1.25. The van der Waals surface area contributed by atoms with Gasteiger partial charge in [0.15, 0.2) is 0 Å². The number of benzene rings is 2. The third-order valence-corrected chi connectivity index (χ3v) is 5.43. The molecular formula is C23H16ClF3N6O. The number of anilines is 1. The van der Waals surface area contributed by atoms with Crippen LogP contribution >= 0.6 is 11.6 Å². The highest BCUT2D eigenvalue weighted by Gasteiger charge is 2.27. The molecule has 0 fully saturated rings. The number of fused-ring (bicyclic) bond motifs is 2. The summed E-state index contributed by atoms with van der Waals surface area (Å²) in [6, 6.07) is 14.8. The Hall–Kier alpha value is -3.92. The molecule has 0 aliphatic heterocycles. The van der Waals surface area contributed by atoms with Gasteiger partial charge in [-0.1, -0.05) is 23.7 Å². The van der Waals surface area contributed by atoms with E-state index in [0.717, 1.165) is 10.9 Å². The van der Waals surface area contributed by atoms with E-state index in [1.807, 2.05) is 6.20 Å². The predicted octanol–water partition coefficient (Wildman–Crippen LogP) is 4.96. The molecule has 0 aliphatic rings. The summed E-state index contributed by atoms with van der Waals surface area (Å²) in [5, 5.41) is 12.3. The molecule has 5 aromatic rings. The van der Waals surface area contributed by atoms with Crippen LogP contribution < -0.4 is 10.9 Å². The van der Waals surface area contributed by atoms with Crippen LogP contribution in [0.15, 0.2) is 65.6 Å². The highest BCUT2D eigenvalue weighted by atomic mass is 35.5. The van der Waals surface area contributed by atoms with Crippen LogP contribution in [0.25, 0.3) is 38.8 Å². The van der Waals surface area contributed by atoms with Gasteiger partial charge in [-0.15, -0.1) is 0 Å². The first kappa shape index (κ1) is 21.9. The van der Waals surface area contributed by atoms with Gasteiger partial charge in [-0.25, -0.2) is 4.98 Å². The summed E-state index contributed by atoms with van der Waals surface area (Å²) in [6.07, 6.45) is -2.59. The van der Waals surface area contributed by atoms with Crippen molar-refractivity contribution in [1.29, 1.82) is 0 Å². The number of nitrogens with one attached hydrogen (secondary N) is 1. The van der Waals surface area contributed by atoms with Crippen molar-refractivity contribution in [3.63, 3.8) is 0 Å². The quantitative estimate of drug-likeness (QED) is 0.390. The lowest BCUT2D eigenvalue weighted by molar-refractivity contribution is -0.115. The van der Waals surface area contributed by atoms with Crippen LogP contribution in [0.5, 0.6) is 0 Å². The van der Waals surface area contributed by atoms with E-state index in [4.69, 9.17) is 11.6 Å². The van der Waals surface area contributed by atoms with E-state index in [1.165, 1.54) is 16.8 Å². The topological polar surface area (TPSA) is 77.6 Å². The van der Waals surface area contributed by atoms with Crippen LogP contribution in [0.1, 0.15) is 0 Å². The molecule has 0 radical (unpaired) electrons. The van der Waals surface area contributed by atoms with Gasteiger partial charge in [0.1, 0.15) is 23.4 Å². The highest BCUT2D eigenvalue weighted by molar-refractivity contribution is 6.30. The van der Waals surface area contributed by atoms with Crippen molar-refractivity contribution in [2.24, 2.45) is 7.05 Å². The molecule has 0 saturated carbocycles. The highest BCUT2D eigenvalue weighted by Crippen LogP contribution is 2.27. The SMILES string of the molecule is Cn1cc2cc(-n3nc4ccc(NCC(F)(F)F)nc4c(-c4ccc(Cl)cc4)c3=O)ccc2n1. The maximum absolute atomic E-state index is 13.6. The van der Waals surface area contributed by atoms with Crippen molar-refractivity contribution in [3.8, 4) is 16.8 Å². The Balaban J connectivity index is 1.73. The molecular weight excluding hydrogens is 469 g/mol. The number of halogens is 4. The van der Waals surface area contributed by atoms with Crippen LogP contribution in [0.4, 0.5) is 19.0 Å². The molecule has 0 unspecified atom stereocenters. The molecule has 0 saturated heterocycles. The number of hydrogen-bond acceptors (Lipinski definition) is 5. The van der Waals surface area contributed by atoms with Crippen molar-refractivity contribution in [2.75, 3.05) is 11.9 Å². The average Bonchev–Trinajstić information content (AvgIpc) is 3.17. The lowest BCUT2D eigenvalue weighted by atomic mass is 10.1. The second kappa shape index (κ2) is 8.14. The summed E-state index contributed by atoms with van der Waals surface area (Å²) in [7, 11) is 1.80. The van der Waals surface area contributed by atoms with Crippen LogP contribution in [-0.4, -0.2) is 37.3 Å². The van der Waals surface area contributed by atoms with Gasteiger partial charge in [0.05, 0.1) is 16.8 Å². The Morgan fingerprint density at radius 3 is 2.47 bits per heavy atom. The van der Waals surface area contributed by atoms with Crippen LogP contribution in [-0.2, 0) is 7.05 Å². The summed E-state index contributed by atoms with van der Waals surface area (Å²) in [5.41, 5.74) is 2.04. The molecule has 11 heteroatoms. The van der Waals surface area contributed by atoms with E-state index >= 15 is 0 Å². The first-order valence-electron chi connectivity index (χ1n) is 10.1. The van der Waals surface area contributed by atoms with E-state index < -0.39 is 18.3 Å². The lowest BCUT2D eigenvalue weighted by Gasteiger charge is -2.13. The molecule has 0 atom stereocenters. The molecule has 3 aromatic heterocycles. The minimum atomic E-state index is -4.41. The second-order valence-electron chi connectivity index (χ2n) is 7.68. The number of rotatable bonds is 4. The van der Waals surface area contributed by atoms with Gasteiger partial charge >= 0.3 is 6.18 Å². The summed E-state index contributed by atoms with van der Waals surface area (Å²) >= 11 is 6.02. The summed E-state index contributed by atoms with van der Waals surface area (Å²) in [4.78, 5) is 17.9. The molecule has 0 bridgehead atoms. The molecule has 0 aliphatic carbocycles. The maximum atomic E-state index is 13.6. The fourth-order valence-electron chi connectivity index (χ4n) is 3.69. The third-order valence-electron chi connectivity index (χ3n) is 5.17. The van der Waals surface area contributed by atoms with Crippen molar-refractivity contribution < 1.29 is 13.2 Å². The van der Waals surface area contributed by atoms with Crippen LogP contribution in [0.3, 0.4) is 0 Å². The zero-order chi connectivity index (χ0) is 24.0. The van der Waals surface area contributed by atoms with Crippen molar-refractivity contribution in [1.82, 2.24) is 24.5 Å². The van der Waals surface area contributed by atoms with Gasteiger partial charge in [-0.3, -0.25) is 9.48 Å². The van der Waals surface area contributed by atoms with Crippen molar-refractivity contribution in [3.05, 3.63) is 76.2 Å². The summed E-state index contributed by atoms with van der Waals surface area (Å²) in [5.74, 6) is -0.0178. The normalized spacial score (nSPS) is 11.9. The van der Waals surface area contributed by atoms with E-state index in [9.17, 15) is 18.0 Å². The molecule has 172 valence electrons. The minimum absolute atomic E-state index is 0.0178. The second-order valence-corrected chi connectivity index (χ2v) is 8.11. The lowest BCUT2D eigenvalue weighted by Crippen LogP contribution is -2.24. The first-order chi connectivity index (χ1) is 16.2. The van der Waals surface area contributed by atoms with E-state index in [1.54, 1.807) is 54.2 Å². The fourth-order valence-corrected chi connectivity index (χ4v) is 3.81. The van der Waals surface area contributed by atoms with E-state index in [0.29, 0.717) is 21.8 Å². The molecule has 1 N–H and O–H groups in total. The van der Waals surface area contributed by atoms with E-state index in [2.05, 4.69) is 20.5 Å². The summed E-state index contributed by atoms with van der Waals surface area (Å²) < 4.78 is 41.0. The molecule has 34 heavy (non-hydrogen) atoms. The molecule has 0 amide bonds. The van der Waals surface area contributed by atoms with Gasteiger partial charge in [0.2, 0.25) is 0 Å². The van der Waals surface area contributed by atoms with Crippen molar-refractivity contribution >= 4 is 39.4 Å². The number of pyridine rings is 1. The first-order valence-corrected chi connectivity index (χ1v) is 10.5. The van der Waals surface area contributed by atoms with Crippen LogP contribution in [0.2, 0.25) is 5.02 Å². The average molecular weight is 485 g/mol. The van der Waals surface area contributed by atoms with Gasteiger partial charge in [0.25, 0.3) is 5.56 Å². The maximum Gasteiger partial charge on any atom is 0.405 e. The van der Waals surface area contributed by atoms with Crippen LogP contribution in [0, 0.1) is 0 Å².